The molecule has 1 unspecified atom stereocenters. The van der Waals surface area contributed by atoms with E-state index in [-0.39, 0.29) is 13.1 Å². The minimum absolute atomic E-state index is 0.285. The number of carbonyl (C=O) groups is 3. The molecule has 7 nitrogen and oxygen atoms in total. The maximum Gasteiger partial charge on any atom is 0.251 e. The first kappa shape index (κ1) is 15.9. The molecule has 0 heterocycles. The Morgan fingerprint density at radius 3 is 2.35 bits per heavy atom. The van der Waals surface area contributed by atoms with Crippen LogP contribution >= 0.6 is 11.6 Å². The van der Waals surface area contributed by atoms with Crippen molar-refractivity contribution < 1.29 is 19.5 Å². The minimum Gasteiger partial charge on any atom is -0.381 e. The van der Waals surface area contributed by atoms with Crippen molar-refractivity contribution in [2.75, 3.05) is 13.1 Å². The van der Waals surface area contributed by atoms with E-state index in [1.807, 2.05) is 0 Å². The summed E-state index contributed by atoms with van der Waals surface area (Å²) >= 11 is 5.68. The number of hydrogen-bond acceptors (Lipinski definition) is 4. The predicted octanol–water partition coefficient (Wildman–Crippen LogP) is -0.968. The summed E-state index contributed by atoms with van der Waals surface area (Å²) in [6.07, 6.45) is -1.45. The molecular weight excluding hydrogens is 286 g/mol. The van der Waals surface area contributed by atoms with Crippen LogP contribution in [-0.4, -0.2) is 42.0 Å². The van der Waals surface area contributed by atoms with Gasteiger partial charge in [-0.05, 0) is 24.3 Å². The van der Waals surface area contributed by atoms with Crippen molar-refractivity contribution in [3.8, 4) is 0 Å². The number of primary amides is 1. The Bertz CT molecular complexity index is 504. The SMILES string of the molecule is NC(=O)C(O)CNC(=O)CNC(=O)c1ccc(Cl)cc1. The first-order chi connectivity index (χ1) is 9.40. The number of halogens is 1. The lowest BCUT2D eigenvalue weighted by atomic mass is 10.2. The molecule has 1 aromatic rings. The van der Waals surface area contributed by atoms with Gasteiger partial charge in [-0.1, -0.05) is 11.6 Å². The molecule has 1 aromatic carbocycles. The van der Waals surface area contributed by atoms with Crippen LogP contribution in [0.15, 0.2) is 24.3 Å². The van der Waals surface area contributed by atoms with Gasteiger partial charge in [-0.15, -0.1) is 0 Å². The highest BCUT2D eigenvalue weighted by molar-refractivity contribution is 6.30. The molecule has 0 aliphatic carbocycles. The second kappa shape index (κ2) is 7.46. The Labute approximate surface area is 120 Å². The van der Waals surface area contributed by atoms with Gasteiger partial charge in [0.1, 0.15) is 6.10 Å². The Kier molecular flexibility index (Phi) is 5.95. The van der Waals surface area contributed by atoms with Crippen LogP contribution in [0.5, 0.6) is 0 Å². The zero-order chi connectivity index (χ0) is 15.1. The van der Waals surface area contributed by atoms with Crippen LogP contribution < -0.4 is 16.4 Å². The van der Waals surface area contributed by atoms with Gasteiger partial charge in [-0.25, -0.2) is 0 Å². The molecule has 108 valence electrons. The fourth-order valence-corrected chi connectivity index (χ4v) is 1.36. The molecule has 0 aliphatic rings. The van der Waals surface area contributed by atoms with E-state index in [1.54, 1.807) is 12.1 Å². The topological polar surface area (TPSA) is 122 Å². The highest BCUT2D eigenvalue weighted by atomic mass is 35.5. The number of benzene rings is 1. The number of nitrogens with two attached hydrogens (primary N) is 1. The average molecular weight is 300 g/mol. The van der Waals surface area contributed by atoms with Crippen molar-refractivity contribution in [2.45, 2.75) is 6.10 Å². The van der Waals surface area contributed by atoms with E-state index in [0.717, 1.165) is 0 Å². The van der Waals surface area contributed by atoms with Gasteiger partial charge < -0.3 is 21.5 Å². The number of carbonyl (C=O) groups excluding carboxylic acids is 3. The summed E-state index contributed by atoms with van der Waals surface area (Å²) in [5, 5.41) is 14.2. The van der Waals surface area contributed by atoms with Crippen molar-refractivity contribution in [1.29, 1.82) is 0 Å². The van der Waals surface area contributed by atoms with Gasteiger partial charge in [0.25, 0.3) is 5.91 Å². The highest BCUT2D eigenvalue weighted by Crippen LogP contribution is 2.09. The van der Waals surface area contributed by atoms with Gasteiger partial charge in [-0.3, -0.25) is 14.4 Å². The lowest BCUT2D eigenvalue weighted by Crippen LogP contribution is -2.43. The molecule has 0 spiro atoms. The molecule has 0 fully saturated rings. The largest absolute Gasteiger partial charge is 0.381 e. The van der Waals surface area contributed by atoms with Crippen LogP contribution in [0.3, 0.4) is 0 Å². The maximum atomic E-state index is 11.6. The van der Waals surface area contributed by atoms with E-state index < -0.39 is 23.8 Å². The fourth-order valence-electron chi connectivity index (χ4n) is 1.24. The standard InChI is InChI=1S/C12H14ClN3O4/c13-8-3-1-7(2-4-8)12(20)16-6-10(18)15-5-9(17)11(14)19/h1-4,9,17H,5-6H2,(H2,14,19)(H,15,18)(H,16,20). The Morgan fingerprint density at radius 2 is 1.80 bits per heavy atom. The summed E-state index contributed by atoms with van der Waals surface area (Å²) < 4.78 is 0. The minimum atomic E-state index is -1.45. The van der Waals surface area contributed by atoms with E-state index in [9.17, 15) is 14.4 Å². The van der Waals surface area contributed by atoms with E-state index in [1.165, 1.54) is 12.1 Å². The van der Waals surface area contributed by atoms with Crippen LogP contribution in [0.4, 0.5) is 0 Å². The Balaban J connectivity index is 2.35. The average Bonchev–Trinajstić information content (AvgIpc) is 2.42. The monoisotopic (exact) mass is 299 g/mol. The van der Waals surface area contributed by atoms with Crippen molar-refractivity contribution in [3.05, 3.63) is 34.9 Å². The summed E-state index contributed by atoms with van der Waals surface area (Å²) in [6.45, 7) is -0.585. The first-order valence-electron chi connectivity index (χ1n) is 5.68. The van der Waals surface area contributed by atoms with Gasteiger partial charge in [0.15, 0.2) is 0 Å². The second-order valence-corrected chi connectivity index (χ2v) is 4.35. The van der Waals surface area contributed by atoms with Crippen LogP contribution in [0, 0.1) is 0 Å². The number of hydrogen-bond donors (Lipinski definition) is 4. The third kappa shape index (κ3) is 5.25. The number of aliphatic hydroxyl groups excluding tert-OH is 1. The Morgan fingerprint density at radius 1 is 1.20 bits per heavy atom. The molecule has 1 rings (SSSR count). The van der Waals surface area contributed by atoms with Crippen molar-refractivity contribution >= 4 is 29.3 Å². The highest BCUT2D eigenvalue weighted by Gasteiger charge is 2.13. The van der Waals surface area contributed by atoms with Crippen LogP contribution in [0.1, 0.15) is 10.4 Å². The number of aliphatic hydroxyl groups is 1. The summed E-state index contributed by atoms with van der Waals surface area (Å²) in [7, 11) is 0. The summed E-state index contributed by atoms with van der Waals surface area (Å²) in [6, 6.07) is 6.15. The van der Waals surface area contributed by atoms with Gasteiger partial charge in [0.05, 0.1) is 13.1 Å². The third-order valence-corrected chi connectivity index (χ3v) is 2.59. The predicted molar refractivity (Wildman–Crippen MR) is 72.0 cm³/mol. The molecule has 8 heteroatoms. The van der Waals surface area contributed by atoms with Crippen LogP contribution in [0.25, 0.3) is 0 Å². The first-order valence-corrected chi connectivity index (χ1v) is 6.06. The molecule has 3 amide bonds. The molecule has 0 radical (unpaired) electrons. The fraction of sp³-hybridized carbons (Fsp3) is 0.250. The summed E-state index contributed by atoms with van der Waals surface area (Å²) in [4.78, 5) is 33.5. The molecule has 20 heavy (non-hydrogen) atoms. The molecular formula is C12H14ClN3O4. The maximum absolute atomic E-state index is 11.6. The quantitative estimate of drug-likeness (QED) is 0.540. The normalized spacial score (nSPS) is 11.5. The number of rotatable bonds is 6. The lowest BCUT2D eigenvalue weighted by molar-refractivity contribution is -0.126. The van der Waals surface area contributed by atoms with E-state index in [2.05, 4.69) is 10.6 Å². The van der Waals surface area contributed by atoms with Crippen molar-refractivity contribution in [3.63, 3.8) is 0 Å². The molecule has 0 aliphatic heterocycles. The zero-order valence-corrected chi connectivity index (χ0v) is 11.2. The zero-order valence-electron chi connectivity index (χ0n) is 10.4. The smallest absolute Gasteiger partial charge is 0.251 e. The molecule has 0 saturated heterocycles. The summed E-state index contributed by atoms with van der Waals surface area (Å²) in [5.74, 6) is -1.92. The van der Waals surface area contributed by atoms with Gasteiger partial charge >= 0.3 is 0 Å². The molecule has 0 aromatic heterocycles. The number of nitrogens with one attached hydrogen (secondary N) is 2. The van der Waals surface area contributed by atoms with Crippen molar-refractivity contribution in [2.24, 2.45) is 5.73 Å². The van der Waals surface area contributed by atoms with E-state index in [0.29, 0.717) is 10.6 Å². The summed E-state index contributed by atoms with van der Waals surface area (Å²) in [5.41, 5.74) is 5.17. The number of amides is 3. The molecule has 1 atom stereocenters. The Hall–Kier alpha value is -2.12. The van der Waals surface area contributed by atoms with Gasteiger partial charge in [0.2, 0.25) is 11.8 Å². The van der Waals surface area contributed by atoms with Crippen LogP contribution in [-0.2, 0) is 9.59 Å². The lowest BCUT2D eigenvalue weighted by Gasteiger charge is -2.09. The molecule has 5 N–H and O–H groups in total. The van der Waals surface area contributed by atoms with E-state index in [4.69, 9.17) is 22.4 Å². The molecule has 0 bridgehead atoms. The van der Waals surface area contributed by atoms with Crippen molar-refractivity contribution in [1.82, 2.24) is 10.6 Å². The second-order valence-electron chi connectivity index (χ2n) is 3.91. The van der Waals surface area contributed by atoms with E-state index >= 15 is 0 Å². The van der Waals surface area contributed by atoms with Crippen LogP contribution in [0.2, 0.25) is 5.02 Å². The van der Waals surface area contributed by atoms with Gasteiger partial charge in [0, 0.05) is 10.6 Å². The van der Waals surface area contributed by atoms with Gasteiger partial charge in [-0.2, -0.15) is 0 Å². The molecule has 0 saturated carbocycles. The third-order valence-electron chi connectivity index (χ3n) is 2.34.